The maximum Gasteiger partial charge on any atom is 0.325 e. The standard InChI is InChI=1S/C10H18N4O3.ClH/c1-2-3-11-4-5-12-8(15)6-14-7-9(16)13-10(14)17;/h11H,2-7H2,1H3,(H,12,15)(H,13,16,17);1H. The molecule has 0 unspecified atom stereocenters. The average molecular weight is 279 g/mol. The maximum absolute atomic E-state index is 11.4. The zero-order valence-corrected chi connectivity index (χ0v) is 11.1. The van der Waals surface area contributed by atoms with Gasteiger partial charge in [0.25, 0.3) is 0 Å². The van der Waals surface area contributed by atoms with E-state index in [2.05, 4.69) is 22.9 Å². The molecule has 1 aliphatic rings. The summed E-state index contributed by atoms with van der Waals surface area (Å²) in [5.74, 6) is -0.624. The number of halogens is 1. The Kier molecular flexibility index (Phi) is 8.06. The van der Waals surface area contributed by atoms with Crippen molar-refractivity contribution >= 4 is 30.3 Å². The minimum Gasteiger partial charge on any atom is -0.353 e. The first-order valence-corrected chi connectivity index (χ1v) is 5.69. The summed E-state index contributed by atoms with van der Waals surface area (Å²) in [4.78, 5) is 34.6. The van der Waals surface area contributed by atoms with Gasteiger partial charge in [0.1, 0.15) is 13.1 Å². The largest absolute Gasteiger partial charge is 0.353 e. The summed E-state index contributed by atoms with van der Waals surface area (Å²) < 4.78 is 0. The van der Waals surface area contributed by atoms with Gasteiger partial charge < -0.3 is 15.5 Å². The van der Waals surface area contributed by atoms with E-state index in [9.17, 15) is 14.4 Å². The molecule has 1 rings (SSSR count). The molecule has 0 aromatic heterocycles. The fraction of sp³-hybridized carbons (Fsp3) is 0.700. The van der Waals surface area contributed by atoms with Crippen LogP contribution in [0.25, 0.3) is 0 Å². The van der Waals surface area contributed by atoms with Crippen molar-refractivity contribution in [1.29, 1.82) is 0 Å². The summed E-state index contributed by atoms with van der Waals surface area (Å²) in [7, 11) is 0. The number of urea groups is 1. The van der Waals surface area contributed by atoms with Gasteiger partial charge in [0.2, 0.25) is 11.8 Å². The molecule has 0 spiro atoms. The van der Waals surface area contributed by atoms with Crippen LogP contribution in [0.2, 0.25) is 0 Å². The Hall–Kier alpha value is -1.34. The molecule has 0 saturated carbocycles. The summed E-state index contributed by atoms with van der Waals surface area (Å²) in [5.41, 5.74) is 0. The van der Waals surface area contributed by atoms with Gasteiger partial charge in [-0.15, -0.1) is 12.4 Å². The van der Waals surface area contributed by atoms with Gasteiger partial charge in [-0.25, -0.2) is 4.79 Å². The van der Waals surface area contributed by atoms with Crippen LogP contribution in [0.1, 0.15) is 13.3 Å². The number of carbonyl (C=O) groups is 3. The molecule has 3 N–H and O–H groups in total. The van der Waals surface area contributed by atoms with Crippen LogP contribution in [0, 0.1) is 0 Å². The quantitative estimate of drug-likeness (QED) is 0.415. The van der Waals surface area contributed by atoms with Crippen LogP contribution < -0.4 is 16.0 Å². The van der Waals surface area contributed by atoms with Crippen LogP contribution in [0.3, 0.4) is 0 Å². The molecular formula is C10H19ClN4O3. The Morgan fingerprint density at radius 3 is 2.61 bits per heavy atom. The van der Waals surface area contributed by atoms with Gasteiger partial charge in [0.05, 0.1) is 0 Å². The van der Waals surface area contributed by atoms with E-state index in [0.717, 1.165) is 13.0 Å². The van der Waals surface area contributed by atoms with Crippen molar-refractivity contribution in [3.05, 3.63) is 0 Å². The highest BCUT2D eigenvalue weighted by atomic mass is 35.5. The molecule has 4 amide bonds. The number of amides is 4. The van der Waals surface area contributed by atoms with E-state index in [-0.39, 0.29) is 37.3 Å². The van der Waals surface area contributed by atoms with E-state index in [0.29, 0.717) is 13.1 Å². The van der Waals surface area contributed by atoms with Crippen LogP contribution in [-0.2, 0) is 9.59 Å². The van der Waals surface area contributed by atoms with Crippen LogP contribution in [0.4, 0.5) is 4.79 Å². The third-order valence-corrected chi connectivity index (χ3v) is 2.25. The van der Waals surface area contributed by atoms with Crippen LogP contribution >= 0.6 is 12.4 Å². The Morgan fingerprint density at radius 1 is 1.33 bits per heavy atom. The normalized spacial score (nSPS) is 14.2. The zero-order chi connectivity index (χ0) is 12.7. The van der Waals surface area contributed by atoms with Gasteiger partial charge in [-0.2, -0.15) is 0 Å². The van der Waals surface area contributed by atoms with Crippen molar-refractivity contribution in [3.63, 3.8) is 0 Å². The molecule has 1 fully saturated rings. The van der Waals surface area contributed by atoms with E-state index in [1.54, 1.807) is 0 Å². The predicted molar refractivity (Wildman–Crippen MR) is 68.5 cm³/mol. The molecule has 0 aromatic carbocycles. The Morgan fingerprint density at radius 2 is 2.06 bits per heavy atom. The molecule has 7 nitrogen and oxygen atoms in total. The molecule has 18 heavy (non-hydrogen) atoms. The van der Waals surface area contributed by atoms with Crippen molar-refractivity contribution < 1.29 is 14.4 Å². The summed E-state index contributed by atoms with van der Waals surface area (Å²) in [6.45, 7) is 4.08. The lowest BCUT2D eigenvalue weighted by atomic mass is 10.4. The van der Waals surface area contributed by atoms with Gasteiger partial charge in [-0.05, 0) is 13.0 Å². The first kappa shape index (κ1) is 16.7. The summed E-state index contributed by atoms with van der Waals surface area (Å²) in [6, 6.07) is -0.505. The molecular weight excluding hydrogens is 260 g/mol. The lowest BCUT2D eigenvalue weighted by molar-refractivity contribution is -0.121. The van der Waals surface area contributed by atoms with E-state index in [1.165, 1.54) is 4.90 Å². The lowest BCUT2D eigenvalue weighted by Crippen LogP contribution is -2.41. The number of rotatable bonds is 7. The second-order valence-corrected chi connectivity index (χ2v) is 3.81. The number of nitrogens with one attached hydrogen (secondary N) is 3. The Balaban J connectivity index is 0.00000289. The molecule has 104 valence electrons. The smallest absolute Gasteiger partial charge is 0.325 e. The number of nitrogens with zero attached hydrogens (tertiary/aromatic N) is 1. The highest BCUT2D eigenvalue weighted by Crippen LogP contribution is 1.96. The van der Waals surface area contributed by atoms with Gasteiger partial charge in [-0.3, -0.25) is 14.9 Å². The zero-order valence-electron chi connectivity index (χ0n) is 10.3. The second kappa shape index (κ2) is 8.71. The summed E-state index contributed by atoms with van der Waals surface area (Å²) in [6.07, 6.45) is 1.05. The maximum atomic E-state index is 11.4. The predicted octanol–water partition coefficient (Wildman–Crippen LogP) is -0.924. The highest BCUT2D eigenvalue weighted by molar-refractivity contribution is 6.03. The van der Waals surface area contributed by atoms with Gasteiger partial charge in [-0.1, -0.05) is 6.92 Å². The van der Waals surface area contributed by atoms with Gasteiger partial charge in [0, 0.05) is 13.1 Å². The molecule has 0 aromatic rings. The Labute approximate surface area is 112 Å². The third kappa shape index (κ3) is 5.83. The van der Waals surface area contributed by atoms with Crippen molar-refractivity contribution in [2.75, 3.05) is 32.7 Å². The number of hydrogen-bond donors (Lipinski definition) is 3. The van der Waals surface area contributed by atoms with E-state index in [4.69, 9.17) is 0 Å². The SMILES string of the molecule is CCCNCCNC(=O)CN1CC(=O)NC1=O.Cl. The van der Waals surface area contributed by atoms with Crippen LogP contribution in [0.5, 0.6) is 0 Å². The third-order valence-electron chi connectivity index (χ3n) is 2.25. The first-order chi connectivity index (χ1) is 8.13. The number of hydrogen-bond acceptors (Lipinski definition) is 4. The van der Waals surface area contributed by atoms with Crippen molar-refractivity contribution in [2.45, 2.75) is 13.3 Å². The molecule has 1 heterocycles. The van der Waals surface area contributed by atoms with Crippen LogP contribution in [-0.4, -0.2) is 55.5 Å². The van der Waals surface area contributed by atoms with E-state index >= 15 is 0 Å². The minimum absolute atomic E-state index is 0. The van der Waals surface area contributed by atoms with E-state index < -0.39 is 6.03 Å². The molecule has 0 atom stereocenters. The van der Waals surface area contributed by atoms with Crippen molar-refractivity contribution in [2.24, 2.45) is 0 Å². The fourth-order valence-corrected chi connectivity index (χ4v) is 1.43. The molecule has 8 heteroatoms. The van der Waals surface area contributed by atoms with Crippen LogP contribution in [0.15, 0.2) is 0 Å². The highest BCUT2D eigenvalue weighted by Gasteiger charge is 2.27. The van der Waals surface area contributed by atoms with Gasteiger partial charge in [0.15, 0.2) is 0 Å². The minimum atomic E-state index is -0.505. The molecule has 1 saturated heterocycles. The fourth-order valence-electron chi connectivity index (χ4n) is 1.43. The van der Waals surface area contributed by atoms with Gasteiger partial charge >= 0.3 is 6.03 Å². The number of carbonyl (C=O) groups excluding carboxylic acids is 3. The second-order valence-electron chi connectivity index (χ2n) is 3.81. The Bertz CT molecular complexity index is 311. The monoisotopic (exact) mass is 278 g/mol. The van der Waals surface area contributed by atoms with E-state index in [1.807, 2.05) is 0 Å². The molecule has 1 aliphatic heterocycles. The average Bonchev–Trinajstić information content (AvgIpc) is 2.57. The lowest BCUT2D eigenvalue weighted by Gasteiger charge is -2.12. The molecule has 0 radical (unpaired) electrons. The topological polar surface area (TPSA) is 90.5 Å². The first-order valence-electron chi connectivity index (χ1n) is 5.69. The number of imide groups is 1. The van der Waals surface area contributed by atoms with Crippen molar-refractivity contribution in [3.8, 4) is 0 Å². The summed E-state index contributed by atoms with van der Waals surface area (Å²) in [5, 5.41) is 7.92. The molecule has 0 aliphatic carbocycles. The summed E-state index contributed by atoms with van der Waals surface area (Å²) >= 11 is 0. The molecule has 0 bridgehead atoms. The van der Waals surface area contributed by atoms with Crippen molar-refractivity contribution in [1.82, 2.24) is 20.9 Å².